The molecule has 2 amide bonds. The summed E-state index contributed by atoms with van der Waals surface area (Å²) in [5.74, 6) is 0.0969. The Labute approximate surface area is 131 Å². The van der Waals surface area contributed by atoms with Crippen molar-refractivity contribution in [2.24, 2.45) is 0 Å². The first-order chi connectivity index (χ1) is 10.5. The number of carbonyl (C=O) groups is 1. The van der Waals surface area contributed by atoms with Gasteiger partial charge in [0.1, 0.15) is 0 Å². The Bertz CT molecular complexity index is 583. The molecule has 1 fully saturated rings. The molecule has 8 heteroatoms. The Morgan fingerprint density at radius 2 is 1.86 bits per heavy atom. The van der Waals surface area contributed by atoms with Crippen molar-refractivity contribution in [2.75, 3.05) is 49.1 Å². The lowest BCUT2D eigenvalue weighted by Gasteiger charge is -2.36. The maximum absolute atomic E-state index is 12.0. The number of carbonyl (C=O) groups excluding carboxylic acids is 1. The summed E-state index contributed by atoms with van der Waals surface area (Å²) in [5.41, 5.74) is 1.10. The van der Waals surface area contributed by atoms with Crippen molar-refractivity contribution in [3.8, 4) is 0 Å². The summed E-state index contributed by atoms with van der Waals surface area (Å²) >= 11 is 0. The van der Waals surface area contributed by atoms with E-state index < -0.39 is 9.84 Å². The number of anilines is 1. The first kappa shape index (κ1) is 16.5. The van der Waals surface area contributed by atoms with Crippen LogP contribution >= 0.6 is 0 Å². The summed E-state index contributed by atoms with van der Waals surface area (Å²) < 4.78 is 22.8. The first-order valence-corrected chi connectivity index (χ1v) is 9.22. The van der Waals surface area contributed by atoms with Crippen molar-refractivity contribution in [1.82, 2.24) is 15.2 Å². The minimum atomic E-state index is -3.04. The van der Waals surface area contributed by atoms with E-state index in [1.54, 1.807) is 24.2 Å². The van der Waals surface area contributed by atoms with Crippen LogP contribution in [0.5, 0.6) is 0 Å². The molecule has 0 spiro atoms. The molecule has 0 bridgehead atoms. The topological polar surface area (TPSA) is 82.6 Å². The molecule has 0 saturated carbocycles. The van der Waals surface area contributed by atoms with Gasteiger partial charge in [0.2, 0.25) is 0 Å². The highest BCUT2D eigenvalue weighted by atomic mass is 32.2. The maximum Gasteiger partial charge on any atom is 0.317 e. The normalized spacial score (nSPS) is 15.7. The van der Waals surface area contributed by atoms with E-state index in [4.69, 9.17) is 0 Å². The number of nitrogens with zero attached hydrogens (tertiary/aromatic N) is 3. The van der Waals surface area contributed by atoms with Crippen LogP contribution in [-0.4, -0.2) is 68.6 Å². The number of rotatable bonds is 5. The Kier molecular flexibility index (Phi) is 5.59. The number of aromatic nitrogens is 1. The van der Waals surface area contributed by atoms with Crippen LogP contribution in [0.3, 0.4) is 0 Å². The number of pyridine rings is 1. The van der Waals surface area contributed by atoms with E-state index in [1.165, 1.54) is 0 Å². The number of nitrogens with one attached hydrogen (secondary N) is 1. The average molecular weight is 326 g/mol. The van der Waals surface area contributed by atoms with Gasteiger partial charge in [-0.05, 0) is 12.1 Å². The van der Waals surface area contributed by atoms with E-state index in [0.717, 1.165) is 18.8 Å². The lowest BCUT2D eigenvalue weighted by atomic mass is 10.3. The fraction of sp³-hybridized carbons (Fsp3) is 0.571. The van der Waals surface area contributed by atoms with E-state index in [2.05, 4.69) is 15.2 Å². The van der Waals surface area contributed by atoms with Gasteiger partial charge in [-0.15, -0.1) is 0 Å². The van der Waals surface area contributed by atoms with E-state index >= 15 is 0 Å². The van der Waals surface area contributed by atoms with Crippen molar-refractivity contribution in [3.05, 3.63) is 24.5 Å². The summed E-state index contributed by atoms with van der Waals surface area (Å²) in [4.78, 5) is 19.9. The molecule has 0 atom stereocenters. The van der Waals surface area contributed by atoms with E-state index in [0.29, 0.717) is 13.1 Å². The Balaban J connectivity index is 1.76. The third-order valence-electron chi connectivity index (χ3n) is 3.72. The molecule has 22 heavy (non-hydrogen) atoms. The number of hydrogen-bond acceptors (Lipinski definition) is 5. The molecule has 7 nitrogen and oxygen atoms in total. The first-order valence-electron chi connectivity index (χ1n) is 7.40. The fourth-order valence-corrected chi connectivity index (χ4v) is 2.99. The van der Waals surface area contributed by atoms with Gasteiger partial charge in [0.25, 0.3) is 0 Å². The van der Waals surface area contributed by atoms with Gasteiger partial charge in [-0.1, -0.05) is 6.92 Å². The molecule has 122 valence electrons. The average Bonchev–Trinajstić information content (AvgIpc) is 2.55. The predicted molar refractivity (Wildman–Crippen MR) is 85.7 cm³/mol. The van der Waals surface area contributed by atoms with Crippen molar-refractivity contribution in [1.29, 1.82) is 0 Å². The molecule has 1 N–H and O–H groups in total. The van der Waals surface area contributed by atoms with Gasteiger partial charge in [0.05, 0.1) is 5.75 Å². The number of sulfone groups is 1. The van der Waals surface area contributed by atoms with Crippen LogP contribution in [0, 0.1) is 0 Å². The summed E-state index contributed by atoms with van der Waals surface area (Å²) in [6.45, 7) is 4.52. The minimum Gasteiger partial charge on any atom is -0.368 e. The van der Waals surface area contributed by atoms with E-state index in [1.807, 2.05) is 12.1 Å². The molecule has 1 aliphatic rings. The number of amides is 2. The van der Waals surface area contributed by atoms with Crippen molar-refractivity contribution < 1.29 is 13.2 Å². The minimum absolute atomic E-state index is 0.00772. The SMILES string of the molecule is CCS(=O)(=O)CCNC(=O)N1CCN(c2ccncc2)CC1. The largest absolute Gasteiger partial charge is 0.368 e. The molecule has 1 aliphatic heterocycles. The molecule has 0 unspecified atom stereocenters. The van der Waals surface area contributed by atoms with Crippen molar-refractivity contribution in [2.45, 2.75) is 6.92 Å². The molecule has 1 aromatic rings. The van der Waals surface area contributed by atoms with Gasteiger partial charge in [-0.3, -0.25) is 4.98 Å². The number of urea groups is 1. The Hall–Kier alpha value is -1.83. The van der Waals surface area contributed by atoms with Crippen LogP contribution in [0.4, 0.5) is 10.5 Å². The lowest BCUT2D eigenvalue weighted by molar-refractivity contribution is 0.195. The van der Waals surface area contributed by atoms with Crippen molar-refractivity contribution in [3.63, 3.8) is 0 Å². The van der Waals surface area contributed by atoms with Crippen LogP contribution in [-0.2, 0) is 9.84 Å². The molecule has 1 saturated heterocycles. The second-order valence-corrected chi connectivity index (χ2v) is 7.62. The highest BCUT2D eigenvalue weighted by Gasteiger charge is 2.21. The van der Waals surface area contributed by atoms with Crippen LogP contribution < -0.4 is 10.2 Å². The summed E-state index contributed by atoms with van der Waals surface area (Å²) in [6.07, 6.45) is 3.51. The second-order valence-electron chi connectivity index (χ2n) is 5.15. The molecule has 0 radical (unpaired) electrons. The zero-order valence-corrected chi connectivity index (χ0v) is 13.6. The van der Waals surface area contributed by atoms with Crippen molar-refractivity contribution >= 4 is 21.6 Å². The highest BCUT2D eigenvalue weighted by molar-refractivity contribution is 7.91. The van der Waals surface area contributed by atoms with Gasteiger partial charge in [-0.25, -0.2) is 13.2 Å². The third kappa shape index (κ3) is 4.59. The highest BCUT2D eigenvalue weighted by Crippen LogP contribution is 2.14. The molecule has 2 heterocycles. The lowest BCUT2D eigenvalue weighted by Crippen LogP contribution is -2.52. The fourth-order valence-electron chi connectivity index (χ4n) is 2.29. The zero-order valence-electron chi connectivity index (χ0n) is 12.7. The third-order valence-corrected chi connectivity index (χ3v) is 5.43. The Morgan fingerprint density at radius 1 is 1.23 bits per heavy atom. The second kappa shape index (κ2) is 7.44. The summed E-state index contributed by atoms with van der Waals surface area (Å²) in [6, 6.07) is 3.71. The number of piperazine rings is 1. The van der Waals surface area contributed by atoms with Crippen LogP contribution in [0.15, 0.2) is 24.5 Å². The van der Waals surface area contributed by atoms with E-state index in [-0.39, 0.29) is 24.1 Å². The summed E-state index contributed by atoms with van der Waals surface area (Å²) in [7, 11) is -3.04. The summed E-state index contributed by atoms with van der Waals surface area (Å²) in [5, 5.41) is 2.68. The number of hydrogen-bond donors (Lipinski definition) is 1. The van der Waals surface area contributed by atoms with Crippen LogP contribution in [0.1, 0.15) is 6.92 Å². The predicted octanol–water partition coefficient (Wildman–Crippen LogP) is 0.348. The van der Waals surface area contributed by atoms with Gasteiger partial charge in [0.15, 0.2) is 9.84 Å². The van der Waals surface area contributed by atoms with Crippen LogP contribution in [0.2, 0.25) is 0 Å². The molecule has 1 aromatic heterocycles. The smallest absolute Gasteiger partial charge is 0.317 e. The molecule has 0 aliphatic carbocycles. The zero-order chi connectivity index (χ0) is 16.0. The maximum atomic E-state index is 12.0. The quantitative estimate of drug-likeness (QED) is 0.844. The molecular formula is C14H22N4O3S. The van der Waals surface area contributed by atoms with Gasteiger partial charge >= 0.3 is 6.03 Å². The van der Waals surface area contributed by atoms with E-state index in [9.17, 15) is 13.2 Å². The Morgan fingerprint density at radius 3 is 2.45 bits per heavy atom. The molecule has 2 rings (SSSR count). The van der Waals surface area contributed by atoms with Crippen LogP contribution in [0.25, 0.3) is 0 Å². The van der Waals surface area contributed by atoms with Gasteiger partial charge < -0.3 is 15.1 Å². The van der Waals surface area contributed by atoms with Gasteiger partial charge in [0, 0.05) is 56.6 Å². The molecule has 0 aromatic carbocycles. The standard InChI is InChI=1S/C14H22N4O3S/c1-2-22(20,21)12-7-16-14(19)18-10-8-17(9-11-18)13-3-5-15-6-4-13/h3-6H,2,7-12H2,1H3,(H,16,19). The monoisotopic (exact) mass is 326 g/mol. The molecular weight excluding hydrogens is 304 g/mol. The van der Waals surface area contributed by atoms with Gasteiger partial charge in [-0.2, -0.15) is 0 Å².